The molecule has 0 spiro atoms. The van der Waals surface area contributed by atoms with Crippen LogP contribution >= 0.6 is 11.6 Å². The molecule has 0 saturated heterocycles. The average molecular weight is 270 g/mol. The average Bonchev–Trinajstić information content (AvgIpc) is 2.29. The van der Waals surface area contributed by atoms with Crippen LogP contribution in [0.25, 0.3) is 0 Å². The lowest BCUT2D eigenvalue weighted by atomic mass is 9.87. The Labute approximate surface area is 113 Å². The molecular formula is C14H20ClNO2. The van der Waals surface area contributed by atoms with E-state index >= 15 is 0 Å². The highest BCUT2D eigenvalue weighted by atomic mass is 35.5. The molecule has 1 atom stereocenters. The van der Waals surface area contributed by atoms with E-state index < -0.39 is 0 Å². The third-order valence-electron chi connectivity index (χ3n) is 2.79. The molecule has 1 rings (SSSR count). The van der Waals surface area contributed by atoms with Crippen molar-refractivity contribution in [3.8, 4) is 0 Å². The molecule has 3 nitrogen and oxygen atoms in total. The molecule has 0 fully saturated rings. The van der Waals surface area contributed by atoms with Gasteiger partial charge < -0.3 is 10.4 Å². The van der Waals surface area contributed by atoms with Crippen LogP contribution in [0.3, 0.4) is 0 Å². The van der Waals surface area contributed by atoms with Crippen LogP contribution in [0.4, 0.5) is 0 Å². The molecule has 0 saturated carbocycles. The van der Waals surface area contributed by atoms with Crippen molar-refractivity contribution in [3.63, 3.8) is 0 Å². The second-order valence-electron chi connectivity index (χ2n) is 4.64. The Bertz CT molecular complexity index is 393. The van der Waals surface area contributed by atoms with Crippen molar-refractivity contribution in [1.82, 2.24) is 5.32 Å². The van der Waals surface area contributed by atoms with Gasteiger partial charge in [-0.2, -0.15) is 0 Å². The molecule has 0 aliphatic heterocycles. The van der Waals surface area contributed by atoms with Crippen molar-refractivity contribution in [1.29, 1.82) is 0 Å². The SMILES string of the molecule is CC(C)C(C(=O)NCCCO)c1cccc(Cl)c1. The lowest BCUT2D eigenvalue weighted by Gasteiger charge is -2.21. The second-order valence-corrected chi connectivity index (χ2v) is 5.08. The molecular weight excluding hydrogens is 250 g/mol. The predicted molar refractivity (Wildman–Crippen MR) is 73.7 cm³/mol. The number of aliphatic hydroxyl groups excluding tert-OH is 1. The van der Waals surface area contributed by atoms with E-state index in [1.54, 1.807) is 6.07 Å². The quantitative estimate of drug-likeness (QED) is 0.780. The summed E-state index contributed by atoms with van der Waals surface area (Å²) in [6.45, 7) is 4.61. The first kappa shape index (κ1) is 15.0. The van der Waals surface area contributed by atoms with Gasteiger partial charge in [-0.15, -0.1) is 0 Å². The van der Waals surface area contributed by atoms with Crippen LogP contribution in [-0.4, -0.2) is 24.2 Å². The molecule has 0 aliphatic carbocycles. The lowest BCUT2D eigenvalue weighted by molar-refractivity contribution is -0.123. The molecule has 1 amide bonds. The number of carbonyl (C=O) groups is 1. The number of hydrogen-bond acceptors (Lipinski definition) is 2. The van der Waals surface area contributed by atoms with Gasteiger partial charge in [-0.3, -0.25) is 4.79 Å². The van der Waals surface area contributed by atoms with Crippen LogP contribution in [0.1, 0.15) is 31.7 Å². The van der Waals surface area contributed by atoms with Crippen molar-refractivity contribution < 1.29 is 9.90 Å². The van der Waals surface area contributed by atoms with Crippen LogP contribution in [0.2, 0.25) is 5.02 Å². The summed E-state index contributed by atoms with van der Waals surface area (Å²) >= 11 is 5.96. The maximum absolute atomic E-state index is 12.1. The number of carbonyl (C=O) groups excluding carboxylic acids is 1. The number of rotatable bonds is 6. The summed E-state index contributed by atoms with van der Waals surface area (Å²) in [5, 5.41) is 12.2. The first-order valence-corrected chi connectivity index (χ1v) is 6.58. The molecule has 0 aromatic heterocycles. The summed E-state index contributed by atoms with van der Waals surface area (Å²) in [7, 11) is 0. The topological polar surface area (TPSA) is 49.3 Å². The Morgan fingerprint density at radius 1 is 1.44 bits per heavy atom. The summed E-state index contributed by atoms with van der Waals surface area (Å²) in [5.74, 6) is -0.0271. The van der Waals surface area contributed by atoms with Gasteiger partial charge in [0.15, 0.2) is 0 Å². The fourth-order valence-corrected chi connectivity index (χ4v) is 2.14. The molecule has 0 radical (unpaired) electrons. The Hall–Kier alpha value is -1.06. The van der Waals surface area contributed by atoms with E-state index in [0.29, 0.717) is 18.0 Å². The van der Waals surface area contributed by atoms with Crippen molar-refractivity contribution in [2.45, 2.75) is 26.2 Å². The minimum Gasteiger partial charge on any atom is -0.396 e. The monoisotopic (exact) mass is 269 g/mol. The first-order valence-electron chi connectivity index (χ1n) is 6.20. The lowest BCUT2D eigenvalue weighted by Crippen LogP contribution is -2.33. The Morgan fingerprint density at radius 2 is 2.17 bits per heavy atom. The van der Waals surface area contributed by atoms with Gasteiger partial charge in [0.2, 0.25) is 5.91 Å². The minimum atomic E-state index is -0.206. The molecule has 1 aromatic carbocycles. The van der Waals surface area contributed by atoms with Gasteiger partial charge in [0.25, 0.3) is 0 Å². The summed E-state index contributed by atoms with van der Waals surface area (Å²) in [6.07, 6.45) is 0.575. The van der Waals surface area contributed by atoms with Crippen LogP contribution in [0, 0.1) is 5.92 Å². The second kappa shape index (κ2) is 7.39. The fraction of sp³-hybridized carbons (Fsp3) is 0.500. The van der Waals surface area contributed by atoms with Crippen LogP contribution in [0.15, 0.2) is 24.3 Å². The molecule has 4 heteroatoms. The molecule has 2 N–H and O–H groups in total. The third-order valence-corrected chi connectivity index (χ3v) is 3.03. The summed E-state index contributed by atoms with van der Waals surface area (Å²) in [6, 6.07) is 7.40. The standard InChI is InChI=1S/C14H20ClNO2/c1-10(2)13(14(18)16-7-4-8-17)11-5-3-6-12(15)9-11/h3,5-6,9-10,13,17H,4,7-8H2,1-2H3,(H,16,18). The van der Waals surface area contributed by atoms with E-state index in [-0.39, 0.29) is 24.3 Å². The van der Waals surface area contributed by atoms with Crippen molar-refractivity contribution in [3.05, 3.63) is 34.9 Å². The summed E-state index contributed by atoms with van der Waals surface area (Å²) in [4.78, 5) is 12.1. The predicted octanol–water partition coefficient (Wildman–Crippen LogP) is 2.58. The molecule has 100 valence electrons. The molecule has 0 bridgehead atoms. The maximum Gasteiger partial charge on any atom is 0.227 e. The van der Waals surface area contributed by atoms with Crippen molar-refractivity contribution in [2.75, 3.05) is 13.2 Å². The molecule has 0 heterocycles. The van der Waals surface area contributed by atoms with Gasteiger partial charge in [-0.1, -0.05) is 37.6 Å². The number of benzene rings is 1. The van der Waals surface area contributed by atoms with Gasteiger partial charge in [0, 0.05) is 18.2 Å². The van der Waals surface area contributed by atoms with Crippen LogP contribution in [-0.2, 0) is 4.79 Å². The summed E-state index contributed by atoms with van der Waals surface area (Å²) < 4.78 is 0. The first-order chi connectivity index (χ1) is 8.56. The van der Waals surface area contributed by atoms with Crippen molar-refractivity contribution in [2.24, 2.45) is 5.92 Å². The van der Waals surface area contributed by atoms with Gasteiger partial charge in [0.05, 0.1) is 5.92 Å². The van der Waals surface area contributed by atoms with E-state index in [2.05, 4.69) is 5.32 Å². The maximum atomic E-state index is 12.1. The third kappa shape index (κ3) is 4.31. The zero-order valence-corrected chi connectivity index (χ0v) is 11.6. The van der Waals surface area contributed by atoms with Gasteiger partial charge in [-0.25, -0.2) is 0 Å². The largest absolute Gasteiger partial charge is 0.396 e. The highest BCUT2D eigenvalue weighted by molar-refractivity contribution is 6.30. The Balaban J connectivity index is 2.79. The van der Waals surface area contributed by atoms with Crippen LogP contribution < -0.4 is 5.32 Å². The number of hydrogen-bond donors (Lipinski definition) is 2. The smallest absolute Gasteiger partial charge is 0.227 e. The number of aliphatic hydroxyl groups is 1. The van der Waals surface area contributed by atoms with E-state index in [4.69, 9.17) is 16.7 Å². The van der Waals surface area contributed by atoms with Gasteiger partial charge >= 0.3 is 0 Å². The highest BCUT2D eigenvalue weighted by Gasteiger charge is 2.23. The van der Waals surface area contributed by atoms with Crippen LogP contribution in [0.5, 0.6) is 0 Å². The minimum absolute atomic E-state index is 0.0132. The summed E-state index contributed by atoms with van der Waals surface area (Å²) in [5.41, 5.74) is 0.930. The zero-order chi connectivity index (χ0) is 13.5. The highest BCUT2D eigenvalue weighted by Crippen LogP contribution is 2.26. The van der Waals surface area contributed by atoms with E-state index in [1.165, 1.54) is 0 Å². The van der Waals surface area contributed by atoms with E-state index in [9.17, 15) is 4.79 Å². The van der Waals surface area contributed by atoms with Crippen molar-refractivity contribution >= 4 is 17.5 Å². The molecule has 0 aliphatic rings. The number of halogens is 1. The normalized spacial score (nSPS) is 12.5. The zero-order valence-electron chi connectivity index (χ0n) is 10.8. The van der Waals surface area contributed by atoms with E-state index in [0.717, 1.165) is 5.56 Å². The van der Waals surface area contributed by atoms with Gasteiger partial charge in [0.1, 0.15) is 0 Å². The molecule has 18 heavy (non-hydrogen) atoms. The van der Waals surface area contributed by atoms with E-state index in [1.807, 2.05) is 32.0 Å². The number of amides is 1. The Kier molecular flexibility index (Phi) is 6.16. The molecule has 1 unspecified atom stereocenters. The Morgan fingerprint density at radius 3 is 2.72 bits per heavy atom. The number of nitrogens with one attached hydrogen (secondary N) is 1. The fourth-order valence-electron chi connectivity index (χ4n) is 1.94. The van der Waals surface area contributed by atoms with Gasteiger partial charge in [-0.05, 0) is 30.0 Å². The molecule has 1 aromatic rings.